The van der Waals surface area contributed by atoms with E-state index in [0.717, 1.165) is 21.4 Å². The quantitative estimate of drug-likeness (QED) is 0.400. The minimum absolute atomic E-state index is 0.0347. The van der Waals surface area contributed by atoms with E-state index in [-0.39, 0.29) is 12.5 Å². The monoisotopic (exact) mass is 355 g/mol. The van der Waals surface area contributed by atoms with Crippen LogP contribution >= 0.6 is 11.8 Å². The average molecular weight is 355 g/mol. The van der Waals surface area contributed by atoms with Crippen LogP contribution in [0, 0.1) is 10.1 Å². The van der Waals surface area contributed by atoms with E-state index in [1.54, 1.807) is 12.3 Å². The number of nitro benzene ring substituents is 1. The molecule has 0 saturated carbocycles. The summed E-state index contributed by atoms with van der Waals surface area (Å²) in [5.74, 6) is 1.16. The van der Waals surface area contributed by atoms with Crippen molar-refractivity contribution in [2.24, 2.45) is 0 Å². The first-order valence-corrected chi connectivity index (χ1v) is 8.55. The van der Waals surface area contributed by atoms with Crippen LogP contribution in [0.25, 0.3) is 10.8 Å². The zero-order valence-electron chi connectivity index (χ0n) is 13.0. The van der Waals surface area contributed by atoms with Gasteiger partial charge in [-0.1, -0.05) is 36.0 Å². The SMILES string of the molecule is O=[N+]([O-])c1cc2c(c(CSc3nncc4ccccc34)c1)OCOC2. The van der Waals surface area contributed by atoms with Gasteiger partial charge < -0.3 is 9.47 Å². The van der Waals surface area contributed by atoms with Gasteiger partial charge in [-0.25, -0.2) is 0 Å². The molecule has 1 aliphatic heterocycles. The Morgan fingerprint density at radius 3 is 3.04 bits per heavy atom. The van der Waals surface area contributed by atoms with Gasteiger partial charge in [0.05, 0.1) is 17.7 Å². The highest BCUT2D eigenvalue weighted by Gasteiger charge is 2.21. The number of fused-ring (bicyclic) bond motifs is 2. The van der Waals surface area contributed by atoms with Crippen LogP contribution in [0.4, 0.5) is 5.69 Å². The summed E-state index contributed by atoms with van der Waals surface area (Å²) in [4.78, 5) is 10.8. The van der Waals surface area contributed by atoms with Crippen LogP contribution in [0.2, 0.25) is 0 Å². The van der Waals surface area contributed by atoms with Crippen molar-refractivity contribution < 1.29 is 14.4 Å². The number of aromatic nitrogens is 2. The molecular formula is C17H13N3O4S. The lowest BCUT2D eigenvalue weighted by molar-refractivity contribution is -0.385. The molecular weight excluding hydrogens is 342 g/mol. The lowest BCUT2D eigenvalue weighted by atomic mass is 10.1. The van der Waals surface area contributed by atoms with Crippen molar-refractivity contribution >= 4 is 28.2 Å². The van der Waals surface area contributed by atoms with E-state index in [2.05, 4.69) is 10.2 Å². The molecule has 8 heteroatoms. The van der Waals surface area contributed by atoms with Crippen LogP contribution in [-0.4, -0.2) is 21.9 Å². The van der Waals surface area contributed by atoms with E-state index in [1.165, 1.54) is 17.8 Å². The molecule has 0 atom stereocenters. The maximum Gasteiger partial charge on any atom is 0.270 e. The molecule has 0 amide bonds. The van der Waals surface area contributed by atoms with Crippen LogP contribution in [0.3, 0.4) is 0 Å². The topological polar surface area (TPSA) is 87.4 Å². The average Bonchev–Trinajstić information content (AvgIpc) is 2.65. The first-order chi connectivity index (χ1) is 12.2. The van der Waals surface area contributed by atoms with Crippen molar-refractivity contribution in [1.82, 2.24) is 10.2 Å². The fourth-order valence-corrected chi connectivity index (χ4v) is 3.70. The number of thioether (sulfide) groups is 1. The third-order valence-electron chi connectivity index (χ3n) is 3.88. The molecule has 4 rings (SSSR count). The van der Waals surface area contributed by atoms with Gasteiger partial charge in [0.25, 0.3) is 5.69 Å². The lowest BCUT2D eigenvalue weighted by Crippen LogP contribution is -2.13. The number of nitrogens with zero attached hydrogens (tertiary/aromatic N) is 3. The van der Waals surface area contributed by atoms with E-state index in [4.69, 9.17) is 9.47 Å². The third kappa shape index (κ3) is 3.13. The summed E-state index contributed by atoms with van der Waals surface area (Å²) in [6.07, 6.45) is 1.72. The first kappa shape index (κ1) is 15.8. The summed E-state index contributed by atoms with van der Waals surface area (Å²) in [6, 6.07) is 10.9. The van der Waals surface area contributed by atoms with Crippen LogP contribution in [0.5, 0.6) is 5.75 Å². The third-order valence-corrected chi connectivity index (χ3v) is 4.91. The van der Waals surface area contributed by atoms with Crippen LogP contribution < -0.4 is 4.74 Å². The molecule has 25 heavy (non-hydrogen) atoms. The van der Waals surface area contributed by atoms with Gasteiger partial charge in [0, 0.05) is 39.8 Å². The van der Waals surface area contributed by atoms with Crippen LogP contribution in [0.1, 0.15) is 11.1 Å². The molecule has 2 heterocycles. The normalized spacial score (nSPS) is 13.3. The maximum atomic E-state index is 11.2. The molecule has 1 aliphatic rings. The maximum absolute atomic E-state index is 11.2. The zero-order chi connectivity index (χ0) is 17.2. The Morgan fingerprint density at radius 2 is 2.16 bits per heavy atom. The number of benzene rings is 2. The van der Waals surface area contributed by atoms with Gasteiger partial charge in [-0.2, -0.15) is 5.10 Å². The summed E-state index contributed by atoms with van der Waals surface area (Å²) in [5.41, 5.74) is 1.49. The number of ether oxygens (including phenoxy) is 2. The van der Waals surface area contributed by atoms with E-state index < -0.39 is 4.92 Å². The predicted molar refractivity (Wildman–Crippen MR) is 92.5 cm³/mol. The Labute approximate surface area is 147 Å². The molecule has 7 nitrogen and oxygen atoms in total. The van der Waals surface area contributed by atoms with Crippen LogP contribution in [-0.2, 0) is 17.1 Å². The second-order valence-corrected chi connectivity index (χ2v) is 6.45. The predicted octanol–water partition coefficient (Wildman–Crippen LogP) is 3.70. The second kappa shape index (κ2) is 6.66. The molecule has 1 aromatic heterocycles. The Morgan fingerprint density at radius 1 is 1.28 bits per heavy atom. The summed E-state index contributed by atoms with van der Waals surface area (Å²) in [5, 5.41) is 22.2. The largest absolute Gasteiger partial charge is 0.467 e. The summed E-state index contributed by atoms with van der Waals surface area (Å²) in [6.45, 7) is 0.458. The van der Waals surface area contributed by atoms with Gasteiger partial charge in [-0.05, 0) is 0 Å². The molecule has 0 unspecified atom stereocenters. The number of rotatable bonds is 4. The molecule has 0 saturated heterocycles. The zero-order valence-corrected chi connectivity index (χ0v) is 13.9. The smallest absolute Gasteiger partial charge is 0.270 e. The fraction of sp³-hybridized carbons (Fsp3) is 0.176. The van der Waals surface area contributed by atoms with Crippen molar-refractivity contribution in [2.75, 3.05) is 6.79 Å². The summed E-state index contributed by atoms with van der Waals surface area (Å²) >= 11 is 1.48. The van der Waals surface area contributed by atoms with E-state index in [1.807, 2.05) is 24.3 Å². The molecule has 0 N–H and O–H groups in total. The Bertz CT molecular complexity index is 959. The van der Waals surface area contributed by atoms with Gasteiger partial charge in [0.2, 0.25) is 0 Å². The van der Waals surface area contributed by atoms with Gasteiger partial charge in [-0.15, -0.1) is 5.10 Å². The highest BCUT2D eigenvalue weighted by atomic mass is 32.2. The van der Waals surface area contributed by atoms with Gasteiger partial charge in [0.15, 0.2) is 6.79 Å². The Hall–Kier alpha value is -2.71. The number of hydrogen-bond acceptors (Lipinski definition) is 7. The Kier molecular flexibility index (Phi) is 4.21. The number of nitro groups is 1. The molecule has 0 fully saturated rings. The van der Waals surface area contributed by atoms with E-state index in [9.17, 15) is 10.1 Å². The highest BCUT2D eigenvalue weighted by Crippen LogP contribution is 2.37. The summed E-state index contributed by atoms with van der Waals surface area (Å²) < 4.78 is 10.8. The highest BCUT2D eigenvalue weighted by molar-refractivity contribution is 7.98. The molecule has 0 bridgehead atoms. The summed E-state index contributed by atoms with van der Waals surface area (Å²) in [7, 11) is 0. The molecule has 3 aromatic rings. The molecule has 0 radical (unpaired) electrons. The van der Waals surface area contributed by atoms with Crippen molar-refractivity contribution in [3.63, 3.8) is 0 Å². The fourth-order valence-electron chi connectivity index (χ4n) is 2.75. The molecule has 126 valence electrons. The van der Waals surface area contributed by atoms with E-state index >= 15 is 0 Å². The number of non-ortho nitro benzene ring substituents is 1. The van der Waals surface area contributed by atoms with Crippen LogP contribution in [0.15, 0.2) is 47.6 Å². The van der Waals surface area contributed by atoms with Gasteiger partial charge in [-0.3, -0.25) is 10.1 Å². The van der Waals surface area contributed by atoms with Gasteiger partial charge >= 0.3 is 0 Å². The second-order valence-electron chi connectivity index (χ2n) is 5.49. The molecule has 2 aromatic carbocycles. The van der Waals surface area contributed by atoms with Crippen molar-refractivity contribution in [3.05, 3.63) is 63.8 Å². The van der Waals surface area contributed by atoms with Crippen molar-refractivity contribution in [3.8, 4) is 5.75 Å². The standard InChI is InChI=1S/C17H13N3O4S/c21-20(22)14-5-12-8-23-10-24-16(12)13(6-14)9-25-17-15-4-2-1-3-11(15)7-18-19-17/h1-7H,8-10H2. The van der Waals surface area contributed by atoms with Crippen molar-refractivity contribution in [1.29, 1.82) is 0 Å². The molecule has 0 aliphatic carbocycles. The van der Waals surface area contributed by atoms with Crippen molar-refractivity contribution in [2.45, 2.75) is 17.4 Å². The van der Waals surface area contributed by atoms with E-state index in [0.29, 0.717) is 23.7 Å². The first-order valence-electron chi connectivity index (χ1n) is 7.56. The minimum atomic E-state index is -0.402. The Balaban J connectivity index is 1.68. The minimum Gasteiger partial charge on any atom is -0.467 e. The lowest BCUT2D eigenvalue weighted by Gasteiger charge is -2.20. The molecule has 0 spiro atoms. The number of hydrogen-bond donors (Lipinski definition) is 0. The van der Waals surface area contributed by atoms with Gasteiger partial charge in [0.1, 0.15) is 10.8 Å².